The van der Waals surface area contributed by atoms with E-state index in [1.165, 1.54) is 12.8 Å². The summed E-state index contributed by atoms with van der Waals surface area (Å²) < 4.78 is 5.85. The fraction of sp³-hybridized carbons (Fsp3) is 1.00. The first-order valence-electron chi connectivity index (χ1n) is 8.23. The van der Waals surface area contributed by atoms with Crippen molar-refractivity contribution < 1.29 is 9.84 Å². The monoisotopic (exact) mass is 285 g/mol. The Bertz CT molecular complexity index is 260. The summed E-state index contributed by atoms with van der Waals surface area (Å²) in [6.45, 7) is 10.9. The van der Waals surface area contributed by atoms with Gasteiger partial charge in [0.2, 0.25) is 0 Å². The molecule has 2 rings (SSSR count). The maximum absolute atomic E-state index is 10.3. The molecule has 0 aromatic rings. The molecule has 0 aliphatic carbocycles. The summed E-state index contributed by atoms with van der Waals surface area (Å²) in [5, 5.41) is 13.6. The largest absolute Gasteiger partial charge is 0.390 e. The fourth-order valence-corrected chi connectivity index (χ4v) is 3.15. The minimum absolute atomic E-state index is 0.238. The summed E-state index contributed by atoms with van der Waals surface area (Å²) in [7, 11) is 0. The molecule has 2 aliphatic heterocycles. The standard InChI is InChI=1S/C15H31N3O2/c1-2-10-20-15-4-3-7-18(13-15)12-14(19)11-17-8-5-16-6-9-17/h14-16,19H,2-13H2,1H3. The van der Waals surface area contributed by atoms with E-state index in [4.69, 9.17) is 4.74 Å². The molecule has 20 heavy (non-hydrogen) atoms. The van der Waals surface area contributed by atoms with Gasteiger partial charge in [-0.15, -0.1) is 0 Å². The molecule has 0 aromatic carbocycles. The van der Waals surface area contributed by atoms with Gasteiger partial charge in [-0.1, -0.05) is 6.92 Å². The number of piperidine rings is 1. The Hall–Kier alpha value is -0.200. The van der Waals surface area contributed by atoms with Crippen LogP contribution in [-0.2, 0) is 4.74 Å². The van der Waals surface area contributed by atoms with Gasteiger partial charge in [0.1, 0.15) is 0 Å². The molecular weight excluding hydrogens is 254 g/mol. The zero-order valence-corrected chi connectivity index (χ0v) is 12.9. The zero-order chi connectivity index (χ0) is 14.2. The lowest BCUT2D eigenvalue weighted by Crippen LogP contribution is -2.49. The third-order valence-corrected chi connectivity index (χ3v) is 4.17. The van der Waals surface area contributed by atoms with Gasteiger partial charge in [-0.3, -0.25) is 9.80 Å². The smallest absolute Gasteiger partial charge is 0.0793 e. The summed E-state index contributed by atoms with van der Waals surface area (Å²) >= 11 is 0. The van der Waals surface area contributed by atoms with Crippen molar-refractivity contribution >= 4 is 0 Å². The first-order chi connectivity index (χ1) is 9.78. The van der Waals surface area contributed by atoms with Gasteiger partial charge in [0.25, 0.3) is 0 Å². The molecule has 5 heteroatoms. The number of piperazine rings is 1. The highest BCUT2D eigenvalue weighted by Crippen LogP contribution is 2.14. The van der Waals surface area contributed by atoms with Crippen LogP contribution in [0, 0.1) is 0 Å². The van der Waals surface area contributed by atoms with Crippen LogP contribution in [0.5, 0.6) is 0 Å². The van der Waals surface area contributed by atoms with E-state index in [0.717, 1.165) is 65.4 Å². The van der Waals surface area contributed by atoms with E-state index < -0.39 is 0 Å². The van der Waals surface area contributed by atoms with Crippen molar-refractivity contribution in [1.29, 1.82) is 0 Å². The molecule has 2 atom stereocenters. The van der Waals surface area contributed by atoms with E-state index in [9.17, 15) is 5.11 Å². The number of nitrogens with one attached hydrogen (secondary N) is 1. The predicted octanol–water partition coefficient (Wildman–Crippen LogP) is 0.144. The van der Waals surface area contributed by atoms with Crippen LogP contribution < -0.4 is 5.32 Å². The second-order valence-corrected chi connectivity index (χ2v) is 6.10. The third kappa shape index (κ3) is 5.66. The van der Waals surface area contributed by atoms with Crippen molar-refractivity contribution in [2.24, 2.45) is 0 Å². The average molecular weight is 285 g/mol. The second kappa shape index (κ2) is 8.95. The van der Waals surface area contributed by atoms with Gasteiger partial charge >= 0.3 is 0 Å². The lowest BCUT2D eigenvalue weighted by Gasteiger charge is -2.35. The van der Waals surface area contributed by atoms with E-state index in [1.807, 2.05) is 0 Å². The zero-order valence-electron chi connectivity index (χ0n) is 12.9. The molecule has 118 valence electrons. The van der Waals surface area contributed by atoms with Crippen LogP contribution in [0.1, 0.15) is 26.2 Å². The minimum atomic E-state index is -0.238. The molecule has 5 nitrogen and oxygen atoms in total. The van der Waals surface area contributed by atoms with Crippen LogP contribution in [0.15, 0.2) is 0 Å². The quantitative estimate of drug-likeness (QED) is 0.697. The van der Waals surface area contributed by atoms with Gasteiger partial charge in [-0.2, -0.15) is 0 Å². The Labute approximate surface area is 123 Å². The van der Waals surface area contributed by atoms with E-state index in [2.05, 4.69) is 22.0 Å². The first kappa shape index (κ1) is 16.2. The number of hydrogen-bond acceptors (Lipinski definition) is 5. The Morgan fingerprint density at radius 2 is 1.95 bits per heavy atom. The van der Waals surface area contributed by atoms with Crippen LogP contribution in [0.3, 0.4) is 0 Å². The lowest BCUT2D eigenvalue weighted by atomic mass is 10.1. The molecule has 2 N–H and O–H groups in total. The Morgan fingerprint density at radius 1 is 1.20 bits per heavy atom. The van der Waals surface area contributed by atoms with Crippen molar-refractivity contribution in [3.8, 4) is 0 Å². The predicted molar refractivity (Wildman–Crippen MR) is 81.0 cm³/mol. The van der Waals surface area contributed by atoms with E-state index in [-0.39, 0.29) is 6.10 Å². The van der Waals surface area contributed by atoms with Gasteiger partial charge < -0.3 is 15.2 Å². The first-order valence-corrected chi connectivity index (χ1v) is 8.23. The molecule has 2 heterocycles. The van der Waals surface area contributed by atoms with Crippen LogP contribution in [0.2, 0.25) is 0 Å². The molecule has 0 aromatic heterocycles. The number of rotatable bonds is 7. The van der Waals surface area contributed by atoms with Crippen molar-refractivity contribution in [2.45, 2.75) is 38.4 Å². The third-order valence-electron chi connectivity index (χ3n) is 4.17. The Kier molecular flexibility index (Phi) is 7.24. The maximum Gasteiger partial charge on any atom is 0.0793 e. The van der Waals surface area contributed by atoms with Gasteiger partial charge in [0.15, 0.2) is 0 Å². The normalized spacial score (nSPS) is 27.6. The van der Waals surface area contributed by atoms with Gasteiger partial charge in [-0.25, -0.2) is 0 Å². The van der Waals surface area contributed by atoms with E-state index in [0.29, 0.717) is 6.10 Å². The highest BCUT2D eigenvalue weighted by molar-refractivity contribution is 4.78. The Morgan fingerprint density at radius 3 is 2.70 bits per heavy atom. The molecule has 2 fully saturated rings. The van der Waals surface area contributed by atoms with Crippen LogP contribution in [-0.4, -0.2) is 86.1 Å². The number of ether oxygens (including phenoxy) is 1. The maximum atomic E-state index is 10.3. The molecule has 0 radical (unpaired) electrons. The number of likely N-dealkylation sites (tertiary alicyclic amines) is 1. The number of hydrogen-bond donors (Lipinski definition) is 2. The molecule has 0 bridgehead atoms. The number of aliphatic hydroxyl groups is 1. The van der Waals surface area contributed by atoms with Crippen molar-refractivity contribution in [2.75, 3.05) is 59.0 Å². The molecule has 2 aliphatic rings. The van der Waals surface area contributed by atoms with Crippen molar-refractivity contribution in [1.82, 2.24) is 15.1 Å². The molecule has 0 spiro atoms. The topological polar surface area (TPSA) is 48.0 Å². The lowest BCUT2D eigenvalue weighted by molar-refractivity contribution is -0.0156. The van der Waals surface area contributed by atoms with E-state index >= 15 is 0 Å². The van der Waals surface area contributed by atoms with Crippen molar-refractivity contribution in [3.05, 3.63) is 0 Å². The molecule has 2 saturated heterocycles. The van der Waals surface area contributed by atoms with Gasteiger partial charge in [0.05, 0.1) is 12.2 Å². The summed E-state index contributed by atoms with van der Waals surface area (Å²) in [4.78, 5) is 4.73. The van der Waals surface area contributed by atoms with E-state index in [1.54, 1.807) is 0 Å². The summed E-state index contributed by atoms with van der Waals surface area (Å²) in [6, 6.07) is 0. The second-order valence-electron chi connectivity index (χ2n) is 6.10. The van der Waals surface area contributed by atoms with Crippen LogP contribution in [0.25, 0.3) is 0 Å². The molecule has 2 unspecified atom stereocenters. The van der Waals surface area contributed by atoms with Crippen LogP contribution in [0.4, 0.5) is 0 Å². The number of nitrogens with zero attached hydrogens (tertiary/aromatic N) is 2. The summed E-state index contributed by atoms with van der Waals surface area (Å²) in [6.07, 6.45) is 3.58. The van der Waals surface area contributed by atoms with Crippen molar-refractivity contribution in [3.63, 3.8) is 0 Å². The van der Waals surface area contributed by atoms with Gasteiger partial charge in [0, 0.05) is 52.4 Å². The molecular formula is C15H31N3O2. The number of β-amino-alcohol motifs (C(OH)–C–C–N with tert-alkyl or cyclic N) is 1. The average Bonchev–Trinajstić information content (AvgIpc) is 2.46. The Balaban J connectivity index is 1.65. The SMILES string of the molecule is CCCOC1CCCN(CC(O)CN2CCNCC2)C1. The highest BCUT2D eigenvalue weighted by atomic mass is 16.5. The fourth-order valence-electron chi connectivity index (χ4n) is 3.15. The van der Waals surface area contributed by atoms with Gasteiger partial charge in [-0.05, 0) is 25.8 Å². The molecule has 0 saturated carbocycles. The summed E-state index contributed by atoms with van der Waals surface area (Å²) in [5.41, 5.74) is 0. The number of aliphatic hydroxyl groups excluding tert-OH is 1. The molecule has 0 amide bonds. The highest BCUT2D eigenvalue weighted by Gasteiger charge is 2.23. The minimum Gasteiger partial charge on any atom is -0.390 e. The van der Waals surface area contributed by atoms with Crippen LogP contribution >= 0.6 is 0 Å². The summed E-state index contributed by atoms with van der Waals surface area (Å²) in [5.74, 6) is 0.